The lowest BCUT2D eigenvalue weighted by atomic mass is 9.87. The second-order valence-electron chi connectivity index (χ2n) is 11.4. The zero-order valence-electron chi connectivity index (χ0n) is 25.1. The number of rotatable bonds is 25. The zero-order chi connectivity index (χ0) is 27.0. The van der Waals surface area contributed by atoms with Gasteiger partial charge in [-0.15, -0.1) is 0 Å². The van der Waals surface area contributed by atoms with Crippen LogP contribution in [-0.4, -0.2) is 25.2 Å². The third kappa shape index (κ3) is 20.0. The van der Waals surface area contributed by atoms with Crippen LogP contribution in [0.3, 0.4) is 0 Å². The Morgan fingerprint density at radius 3 is 1.53 bits per heavy atom. The number of hydrogen-bond acceptors (Lipinski definition) is 4. The van der Waals surface area contributed by atoms with Crippen LogP contribution in [0.25, 0.3) is 0 Å². The summed E-state index contributed by atoms with van der Waals surface area (Å²) >= 11 is 0. The fourth-order valence-electron chi connectivity index (χ4n) is 4.79. The number of hydrogen-bond donors (Lipinski definition) is 0. The smallest absolute Gasteiger partial charge is 0.306 e. The molecule has 0 amide bonds. The molecule has 0 bridgehead atoms. The number of unbranched alkanes of at least 4 members (excludes halogenated alkanes) is 8. The molecule has 0 saturated carbocycles. The summed E-state index contributed by atoms with van der Waals surface area (Å²) in [6.07, 6.45) is 19.7. The molecular formula is C32H62O4. The largest absolute Gasteiger partial charge is 0.465 e. The molecule has 0 aliphatic heterocycles. The highest BCUT2D eigenvalue weighted by atomic mass is 16.5. The van der Waals surface area contributed by atoms with Crippen LogP contribution in [0, 0.1) is 23.7 Å². The maximum atomic E-state index is 12.4. The molecule has 0 fully saturated rings. The molecule has 36 heavy (non-hydrogen) atoms. The van der Waals surface area contributed by atoms with E-state index in [9.17, 15) is 9.59 Å². The van der Waals surface area contributed by atoms with Gasteiger partial charge in [-0.3, -0.25) is 9.59 Å². The molecule has 4 heteroatoms. The van der Waals surface area contributed by atoms with E-state index in [0.717, 1.165) is 38.5 Å². The molecule has 0 spiro atoms. The van der Waals surface area contributed by atoms with Crippen molar-refractivity contribution in [1.29, 1.82) is 0 Å². The molecule has 0 rings (SSSR count). The molecular weight excluding hydrogens is 448 g/mol. The van der Waals surface area contributed by atoms with Gasteiger partial charge in [0.25, 0.3) is 0 Å². The van der Waals surface area contributed by atoms with Gasteiger partial charge in [-0.1, -0.05) is 119 Å². The number of carbonyl (C=O) groups excluding carboxylic acids is 2. The van der Waals surface area contributed by atoms with Crippen molar-refractivity contribution in [2.24, 2.45) is 23.7 Å². The summed E-state index contributed by atoms with van der Waals surface area (Å²) in [6.45, 7) is 14.4. The van der Waals surface area contributed by atoms with Crippen LogP contribution in [-0.2, 0) is 19.1 Å². The Morgan fingerprint density at radius 2 is 1.06 bits per heavy atom. The van der Waals surface area contributed by atoms with Crippen LogP contribution in [0.1, 0.15) is 157 Å². The van der Waals surface area contributed by atoms with Gasteiger partial charge in [0.2, 0.25) is 0 Å². The van der Waals surface area contributed by atoms with Crippen molar-refractivity contribution in [1.82, 2.24) is 0 Å². The molecule has 0 aromatic heterocycles. The predicted octanol–water partition coefficient (Wildman–Crippen LogP) is 9.68. The van der Waals surface area contributed by atoms with Gasteiger partial charge in [0.05, 0.1) is 13.2 Å². The van der Waals surface area contributed by atoms with E-state index in [1.54, 1.807) is 0 Å². The molecule has 0 aliphatic rings. The van der Waals surface area contributed by atoms with E-state index in [0.29, 0.717) is 49.7 Å². The highest BCUT2D eigenvalue weighted by Gasteiger charge is 2.19. The molecule has 214 valence electrons. The van der Waals surface area contributed by atoms with Crippen molar-refractivity contribution in [3.05, 3.63) is 0 Å². The highest BCUT2D eigenvalue weighted by Crippen LogP contribution is 2.24. The van der Waals surface area contributed by atoms with E-state index in [-0.39, 0.29) is 11.9 Å². The molecule has 3 atom stereocenters. The van der Waals surface area contributed by atoms with Gasteiger partial charge in [0.1, 0.15) is 0 Å². The number of ether oxygens (including phenoxy) is 2. The summed E-state index contributed by atoms with van der Waals surface area (Å²) in [6, 6.07) is 0. The van der Waals surface area contributed by atoms with E-state index in [1.807, 2.05) is 0 Å². The lowest BCUT2D eigenvalue weighted by molar-refractivity contribution is -0.147. The van der Waals surface area contributed by atoms with Crippen molar-refractivity contribution in [2.45, 2.75) is 157 Å². The molecule has 0 aromatic rings. The molecule has 0 heterocycles. The quantitative estimate of drug-likeness (QED) is 0.0906. The first-order valence-electron chi connectivity index (χ1n) is 15.7. The van der Waals surface area contributed by atoms with Gasteiger partial charge < -0.3 is 9.47 Å². The standard InChI is InChI=1S/C32H62O4/c1-7-11-20-28(9-3)25-35-31(33)23-19-17-15-13-14-16-18-22-30(27(5)6)24-32(34)36-26-29(10-4)21-12-8-2/h27-30H,7-26H2,1-6H3. The Hall–Kier alpha value is -1.06. The summed E-state index contributed by atoms with van der Waals surface area (Å²) in [7, 11) is 0. The van der Waals surface area contributed by atoms with Gasteiger partial charge in [0.15, 0.2) is 0 Å². The average molecular weight is 511 g/mol. The first-order chi connectivity index (χ1) is 17.4. The van der Waals surface area contributed by atoms with Crippen LogP contribution in [0.4, 0.5) is 0 Å². The molecule has 0 N–H and O–H groups in total. The summed E-state index contributed by atoms with van der Waals surface area (Å²) in [5.74, 6) is 1.95. The Morgan fingerprint density at radius 1 is 0.583 bits per heavy atom. The van der Waals surface area contributed by atoms with Crippen molar-refractivity contribution < 1.29 is 19.1 Å². The third-order valence-corrected chi connectivity index (χ3v) is 7.87. The maximum absolute atomic E-state index is 12.4. The molecule has 0 aliphatic carbocycles. The number of esters is 2. The fourth-order valence-corrected chi connectivity index (χ4v) is 4.79. The molecule has 4 nitrogen and oxygen atoms in total. The molecule has 3 unspecified atom stereocenters. The van der Waals surface area contributed by atoms with E-state index >= 15 is 0 Å². The van der Waals surface area contributed by atoms with E-state index < -0.39 is 0 Å². The Balaban J connectivity index is 3.86. The Bertz CT molecular complexity index is 516. The van der Waals surface area contributed by atoms with Crippen LogP contribution < -0.4 is 0 Å². The summed E-state index contributed by atoms with van der Waals surface area (Å²) < 4.78 is 11.1. The minimum absolute atomic E-state index is 0.00616. The second kappa shape index (κ2) is 24.3. The molecule has 0 aromatic carbocycles. The zero-order valence-corrected chi connectivity index (χ0v) is 25.1. The topological polar surface area (TPSA) is 52.6 Å². The summed E-state index contributed by atoms with van der Waals surface area (Å²) in [5, 5.41) is 0. The first-order valence-corrected chi connectivity index (χ1v) is 15.7. The Kier molecular flexibility index (Phi) is 23.6. The predicted molar refractivity (Wildman–Crippen MR) is 153 cm³/mol. The van der Waals surface area contributed by atoms with Crippen molar-refractivity contribution in [2.75, 3.05) is 13.2 Å². The first kappa shape index (κ1) is 34.9. The minimum Gasteiger partial charge on any atom is -0.465 e. The van der Waals surface area contributed by atoms with E-state index in [2.05, 4.69) is 41.5 Å². The van der Waals surface area contributed by atoms with Crippen LogP contribution in [0.5, 0.6) is 0 Å². The fraction of sp³-hybridized carbons (Fsp3) is 0.938. The summed E-state index contributed by atoms with van der Waals surface area (Å²) in [4.78, 5) is 24.4. The highest BCUT2D eigenvalue weighted by molar-refractivity contribution is 5.69. The van der Waals surface area contributed by atoms with E-state index in [1.165, 1.54) is 64.2 Å². The number of carbonyl (C=O) groups is 2. The minimum atomic E-state index is -0.0191. The summed E-state index contributed by atoms with van der Waals surface area (Å²) in [5.41, 5.74) is 0. The van der Waals surface area contributed by atoms with Crippen LogP contribution in [0.2, 0.25) is 0 Å². The monoisotopic (exact) mass is 510 g/mol. The molecule has 0 radical (unpaired) electrons. The van der Waals surface area contributed by atoms with Crippen LogP contribution >= 0.6 is 0 Å². The van der Waals surface area contributed by atoms with Gasteiger partial charge in [-0.05, 0) is 49.4 Å². The maximum Gasteiger partial charge on any atom is 0.306 e. The lowest BCUT2D eigenvalue weighted by Gasteiger charge is -2.21. The SMILES string of the molecule is CCCCC(CC)COC(=O)CCCCCCCCCC(CC(=O)OCC(CC)CCCC)C(C)C. The van der Waals surface area contributed by atoms with Crippen molar-refractivity contribution in [3.63, 3.8) is 0 Å². The third-order valence-electron chi connectivity index (χ3n) is 7.87. The Labute approximate surface area is 225 Å². The van der Waals surface area contributed by atoms with Gasteiger partial charge in [-0.25, -0.2) is 0 Å². The van der Waals surface area contributed by atoms with Crippen molar-refractivity contribution in [3.8, 4) is 0 Å². The van der Waals surface area contributed by atoms with E-state index in [4.69, 9.17) is 9.47 Å². The van der Waals surface area contributed by atoms with Crippen molar-refractivity contribution >= 4 is 11.9 Å². The normalized spacial score (nSPS) is 14.0. The van der Waals surface area contributed by atoms with Gasteiger partial charge in [-0.2, -0.15) is 0 Å². The van der Waals surface area contributed by atoms with Crippen LogP contribution in [0.15, 0.2) is 0 Å². The lowest BCUT2D eigenvalue weighted by Crippen LogP contribution is -2.19. The average Bonchev–Trinajstić information content (AvgIpc) is 2.87. The van der Waals surface area contributed by atoms with Gasteiger partial charge >= 0.3 is 11.9 Å². The second-order valence-corrected chi connectivity index (χ2v) is 11.4. The molecule has 0 saturated heterocycles. The van der Waals surface area contributed by atoms with Gasteiger partial charge in [0, 0.05) is 12.8 Å².